The van der Waals surface area contributed by atoms with Gasteiger partial charge in [0.05, 0.1) is 6.54 Å². The summed E-state index contributed by atoms with van der Waals surface area (Å²) in [5.41, 5.74) is 0. The normalized spacial score (nSPS) is 9.05. The molecule has 0 amide bonds. The molecule has 104 valence electrons. The first-order valence-electron chi connectivity index (χ1n) is 6.33. The second-order valence-corrected chi connectivity index (χ2v) is 3.89. The van der Waals surface area contributed by atoms with Crippen molar-refractivity contribution in [3.8, 4) is 0 Å². The average Bonchev–Trinajstić information content (AvgIpc) is 2.40. The lowest BCUT2D eigenvalue weighted by atomic mass is 10.4. The molecule has 0 aliphatic rings. The number of hydrogen-bond acceptors (Lipinski definition) is 1. The third-order valence-electron chi connectivity index (χ3n) is 2.33. The molecule has 0 unspecified atom stereocenters. The molecule has 0 bridgehead atoms. The minimum Gasteiger partial charge on any atom is -0.335 e. The standard InChI is InChI=1S/C16H25N3/c1-6-11-17-16(18(12-7-2)13-8-3)19(14-9-4)15-10-5/h6-10H,1-5,11-15H2. The zero-order chi connectivity index (χ0) is 14.5. The Labute approximate surface area is 117 Å². The predicted octanol–water partition coefficient (Wildman–Crippen LogP) is 2.88. The average molecular weight is 259 g/mol. The van der Waals surface area contributed by atoms with Gasteiger partial charge in [0.15, 0.2) is 5.96 Å². The van der Waals surface area contributed by atoms with Crippen molar-refractivity contribution < 1.29 is 0 Å². The number of hydrogen-bond donors (Lipinski definition) is 0. The maximum atomic E-state index is 4.58. The molecule has 0 atom stereocenters. The van der Waals surface area contributed by atoms with Crippen LogP contribution in [0.3, 0.4) is 0 Å². The van der Waals surface area contributed by atoms with E-state index in [0.29, 0.717) is 32.7 Å². The van der Waals surface area contributed by atoms with E-state index >= 15 is 0 Å². The van der Waals surface area contributed by atoms with Crippen LogP contribution in [0.5, 0.6) is 0 Å². The lowest BCUT2D eigenvalue weighted by molar-refractivity contribution is 0.388. The van der Waals surface area contributed by atoms with Gasteiger partial charge in [0.1, 0.15) is 0 Å². The molecular formula is C16H25N3. The SMILES string of the molecule is C=CCN=C(N(CC=C)CC=C)N(CC=C)CC=C. The fourth-order valence-electron chi connectivity index (χ4n) is 1.65. The van der Waals surface area contributed by atoms with Gasteiger partial charge in [0.2, 0.25) is 0 Å². The van der Waals surface area contributed by atoms with Crippen molar-refractivity contribution >= 4 is 5.96 Å². The molecule has 0 radical (unpaired) electrons. The van der Waals surface area contributed by atoms with Crippen molar-refractivity contribution in [2.24, 2.45) is 4.99 Å². The summed E-state index contributed by atoms with van der Waals surface area (Å²) in [4.78, 5) is 8.79. The third-order valence-corrected chi connectivity index (χ3v) is 2.33. The largest absolute Gasteiger partial charge is 0.335 e. The minimum absolute atomic E-state index is 0.574. The topological polar surface area (TPSA) is 18.8 Å². The van der Waals surface area contributed by atoms with E-state index in [4.69, 9.17) is 0 Å². The van der Waals surface area contributed by atoms with Crippen LogP contribution >= 0.6 is 0 Å². The van der Waals surface area contributed by atoms with Crippen LogP contribution in [0.15, 0.2) is 68.3 Å². The van der Waals surface area contributed by atoms with Crippen LogP contribution in [0.1, 0.15) is 0 Å². The fourth-order valence-corrected chi connectivity index (χ4v) is 1.65. The molecule has 0 saturated carbocycles. The van der Waals surface area contributed by atoms with Crippen molar-refractivity contribution in [3.05, 3.63) is 63.3 Å². The van der Waals surface area contributed by atoms with Crippen LogP contribution in [-0.2, 0) is 0 Å². The number of rotatable bonds is 10. The highest BCUT2D eigenvalue weighted by Crippen LogP contribution is 2.02. The molecule has 0 aliphatic heterocycles. The maximum Gasteiger partial charge on any atom is 0.198 e. The van der Waals surface area contributed by atoms with E-state index in [9.17, 15) is 0 Å². The van der Waals surface area contributed by atoms with E-state index in [1.54, 1.807) is 6.08 Å². The van der Waals surface area contributed by atoms with Crippen molar-refractivity contribution in [1.82, 2.24) is 9.80 Å². The van der Waals surface area contributed by atoms with E-state index in [1.165, 1.54) is 0 Å². The molecule has 0 fully saturated rings. The second kappa shape index (κ2) is 11.1. The van der Waals surface area contributed by atoms with Crippen molar-refractivity contribution in [1.29, 1.82) is 0 Å². The van der Waals surface area contributed by atoms with E-state index in [-0.39, 0.29) is 0 Å². The van der Waals surface area contributed by atoms with Crippen molar-refractivity contribution in [2.75, 3.05) is 32.7 Å². The molecule has 0 aromatic heterocycles. The molecule has 3 nitrogen and oxygen atoms in total. The zero-order valence-electron chi connectivity index (χ0n) is 11.8. The van der Waals surface area contributed by atoms with Crippen LogP contribution in [0.2, 0.25) is 0 Å². The molecule has 0 heterocycles. The Balaban J connectivity index is 5.24. The molecule has 0 rings (SSSR count). The number of nitrogens with zero attached hydrogens (tertiary/aromatic N) is 3. The Morgan fingerprint density at radius 1 is 0.684 bits per heavy atom. The quantitative estimate of drug-likeness (QED) is 0.341. The highest BCUT2D eigenvalue weighted by atomic mass is 15.4. The summed E-state index contributed by atoms with van der Waals surface area (Å²) in [5.74, 6) is 0.888. The van der Waals surface area contributed by atoms with Crippen molar-refractivity contribution in [2.45, 2.75) is 0 Å². The summed E-state index contributed by atoms with van der Waals surface area (Å²) in [6.07, 6.45) is 9.19. The predicted molar refractivity (Wildman–Crippen MR) is 86.4 cm³/mol. The summed E-state index contributed by atoms with van der Waals surface area (Å²) >= 11 is 0. The van der Waals surface area contributed by atoms with Gasteiger partial charge in [-0.15, -0.1) is 32.9 Å². The fraction of sp³-hybridized carbons (Fsp3) is 0.312. The van der Waals surface area contributed by atoms with Crippen molar-refractivity contribution in [3.63, 3.8) is 0 Å². The highest BCUT2D eigenvalue weighted by molar-refractivity contribution is 5.81. The molecule has 0 aromatic carbocycles. The van der Waals surface area contributed by atoms with E-state index in [0.717, 1.165) is 5.96 Å². The van der Waals surface area contributed by atoms with Gasteiger partial charge in [-0.3, -0.25) is 0 Å². The van der Waals surface area contributed by atoms with E-state index in [2.05, 4.69) is 47.7 Å². The lowest BCUT2D eigenvalue weighted by Crippen LogP contribution is -2.45. The first kappa shape index (κ1) is 17.0. The molecule has 19 heavy (non-hydrogen) atoms. The summed E-state index contributed by atoms with van der Waals surface area (Å²) in [7, 11) is 0. The molecule has 0 N–H and O–H groups in total. The van der Waals surface area contributed by atoms with E-state index in [1.807, 2.05) is 24.3 Å². The zero-order valence-corrected chi connectivity index (χ0v) is 11.8. The number of guanidine groups is 1. The Bertz CT molecular complexity index is 296. The lowest BCUT2D eigenvalue weighted by Gasteiger charge is -2.32. The van der Waals surface area contributed by atoms with Crippen LogP contribution in [-0.4, -0.2) is 48.5 Å². The van der Waals surface area contributed by atoms with Gasteiger partial charge in [0.25, 0.3) is 0 Å². The Kier molecular flexibility index (Phi) is 9.90. The molecule has 3 heteroatoms. The molecule has 0 aliphatic carbocycles. The Morgan fingerprint density at radius 3 is 1.32 bits per heavy atom. The van der Waals surface area contributed by atoms with Gasteiger partial charge in [-0.25, -0.2) is 4.99 Å². The first-order valence-corrected chi connectivity index (χ1v) is 6.33. The van der Waals surface area contributed by atoms with Gasteiger partial charge in [0, 0.05) is 26.2 Å². The highest BCUT2D eigenvalue weighted by Gasteiger charge is 2.14. The third kappa shape index (κ3) is 6.46. The monoisotopic (exact) mass is 259 g/mol. The molecule has 0 spiro atoms. The van der Waals surface area contributed by atoms with Gasteiger partial charge in [-0.05, 0) is 0 Å². The second-order valence-electron chi connectivity index (χ2n) is 3.89. The van der Waals surface area contributed by atoms with Gasteiger partial charge in [-0.1, -0.05) is 30.4 Å². The molecular weight excluding hydrogens is 234 g/mol. The van der Waals surface area contributed by atoms with Crippen LogP contribution in [0.25, 0.3) is 0 Å². The number of aliphatic imine (C=N–C) groups is 1. The van der Waals surface area contributed by atoms with Gasteiger partial charge in [-0.2, -0.15) is 0 Å². The molecule has 0 saturated heterocycles. The first-order chi connectivity index (χ1) is 9.24. The summed E-state index contributed by atoms with van der Waals surface area (Å²) in [5, 5.41) is 0. The maximum absolute atomic E-state index is 4.58. The van der Waals surface area contributed by atoms with Crippen LogP contribution in [0, 0.1) is 0 Å². The summed E-state index contributed by atoms with van der Waals surface area (Å²) in [6.45, 7) is 22.3. The minimum atomic E-state index is 0.574. The summed E-state index contributed by atoms with van der Waals surface area (Å²) < 4.78 is 0. The van der Waals surface area contributed by atoms with Crippen LogP contribution < -0.4 is 0 Å². The van der Waals surface area contributed by atoms with Gasteiger partial charge < -0.3 is 9.80 Å². The molecule has 0 aromatic rings. The summed E-state index contributed by atoms with van der Waals surface area (Å²) in [6, 6.07) is 0. The van der Waals surface area contributed by atoms with E-state index < -0.39 is 0 Å². The Morgan fingerprint density at radius 2 is 1.05 bits per heavy atom. The smallest absolute Gasteiger partial charge is 0.198 e. The van der Waals surface area contributed by atoms with Gasteiger partial charge >= 0.3 is 0 Å². The Hall–Kier alpha value is -2.03. The van der Waals surface area contributed by atoms with Crippen LogP contribution in [0.4, 0.5) is 0 Å².